The van der Waals surface area contributed by atoms with Gasteiger partial charge in [-0.2, -0.15) is 0 Å². The first kappa shape index (κ1) is 14.6. The lowest BCUT2D eigenvalue weighted by molar-refractivity contribution is -0.137. The Labute approximate surface area is 106 Å². The molecule has 0 aliphatic rings. The van der Waals surface area contributed by atoms with Crippen molar-refractivity contribution < 1.29 is 23.1 Å². The maximum Gasteiger partial charge on any atom is 0.322 e. The van der Waals surface area contributed by atoms with Crippen molar-refractivity contribution in [1.82, 2.24) is 4.72 Å². The molecule has 1 unspecified atom stereocenters. The lowest BCUT2D eigenvalue weighted by Gasteiger charge is -2.16. The molecule has 0 saturated carbocycles. The Morgan fingerprint density at radius 2 is 2.00 bits per heavy atom. The Balaban J connectivity index is 2.78. The summed E-state index contributed by atoms with van der Waals surface area (Å²) in [7, 11) is -2.73. The Hall–Kier alpha value is -1.44. The molecule has 0 bridgehead atoms. The predicted molar refractivity (Wildman–Crippen MR) is 65.2 cm³/mol. The van der Waals surface area contributed by atoms with Crippen molar-refractivity contribution in [3.05, 3.63) is 35.9 Å². The molecule has 2 N–H and O–H groups in total. The number of hydrogen-bond donors (Lipinski definition) is 2. The molecule has 0 saturated heterocycles. The zero-order valence-electron chi connectivity index (χ0n) is 9.87. The van der Waals surface area contributed by atoms with Crippen LogP contribution in [0, 0.1) is 0 Å². The fourth-order valence-electron chi connectivity index (χ4n) is 1.37. The summed E-state index contributed by atoms with van der Waals surface area (Å²) in [5.74, 6) is -1.63. The topological polar surface area (TPSA) is 92.7 Å². The molecule has 6 nitrogen and oxygen atoms in total. The van der Waals surface area contributed by atoms with Crippen molar-refractivity contribution in [1.29, 1.82) is 0 Å². The van der Waals surface area contributed by atoms with Gasteiger partial charge in [0.15, 0.2) is 5.75 Å². The summed E-state index contributed by atoms with van der Waals surface area (Å²) in [5.41, 5.74) is 0.619. The van der Waals surface area contributed by atoms with Crippen LogP contribution in [0.3, 0.4) is 0 Å². The molecular weight excluding hydrogens is 258 g/mol. The van der Waals surface area contributed by atoms with Crippen molar-refractivity contribution in [2.45, 2.75) is 6.04 Å². The van der Waals surface area contributed by atoms with Crippen molar-refractivity contribution in [2.75, 3.05) is 19.5 Å². The summed E-state index contributed by atoms with van der Waals surface area (Å²) >= 11 is 0. The largest absolute Gasteiger partial charge is 0.468 e. The molecule has 0 aromatic heterocycles. The maximum absolute atomic E-state index is 11.6. The molecule has 18 heavy (non-hydrogen) atoms. The highest BCUT2D eigenvalue weighted by molar-refractivity contribution is 7.90. The minimum atomic E-state index is -3.84. The maximum atomic E-state index is 11.6. The molecule has 0 heterocycles. The monoisotopic (exact) mass is 273 g/mol. The Morgan fingerprint density at radius 1 is 1.39 bits per heavy atom. The molecule has 1 aromatic rings. The quantitative estimate of drug-likeness (QED) is 0.701. The number of sulfonamides is 1. The first-order valence-electron chi connectivity index (χ1n) is 5.21. The van der Waals surface area contributed by atoms with Crippen LogP contribution in [0.4, 0.5) is 0 Å². The zero-order valence-corrected chi connectivity index (χ0v) is 10.7. The second kappa shape index (κ2) is 6.48. The van der Waals surface area contributed by atoms with Gasteiger partial charge in [-0.15, -0.1) is 0 Å². The molecule has 0 aliphatic heterocycles. The van der Waals surface area contributed by atoms with E-state index in [2.05, 4.69) is 9.46 Å². The number of aliphatic hydroxyl groups excluding tert-OH is 1. The van der Waals surface area contributed by atoms with E-state index in [0.717, 1.165) is 7.11 Å². The van der Waals surface area contributed by atoms with Crippen LogP contribution in [-0.4, -0.2) is 39.0 Å². The summed E-state index contributed by atoms with van der Waals surface area (Å²) in [6, 6.07) is 7.82. The smallest absolute Gasteiger partial charge is 0.322 e. The molecule has 100 valence electrons. The van der Waals surface area contributed by atoms with E-state index in [9.17, 15) is 18.3 Å². The lowest BCUT2D eigenvalue weighted by atomic mass is 10.1. The minimum absolute atomic E-state index is 0.398. The van der Waals surface area contributed by atoms with E-state index in [0.29, 0.717) is 5.56 Å². The number of rotatable bonds is 6. The fraction of sp³-hybridized carbons (Fsp3) is 0.364. The Bertz CT molecular complexity index is 485. The standard InChI is InChI=1S/C11H15NO5S/c1-17-11(14)8-18(15,16)12-10(7-13)9-5-3-2-4-6-9/h2-6,10,12-13H,7-8H2,1H3. The van der Waals surface area contributed by atoms with E-state index >= 15 is 0 Å². The number of hydrogen-bond acceptors (Lipinski definition) is 5. The van der Waals surface area contributed by atoms with Crippen LogP contribution in [0.1, 0.15) is 11.6 Å². The van der Waals surface area contributed by atoms with Gasteiger partial charge in [-0.25, -0.2) is 13.1 Å². The third-order valence-electron chi connectivity index (χ3n) is 2.24. The highest BCUT2D eigenvalue weighted by atomic mass is 32.2. The van der Waals surface area contributed by atoms with Crippen LogP contribution in [0.2, 0.25) is 0 Å². The minimum Gasteiger partial charge on any atom is -0.468 e. The van der Waals surface area contributed by atoms with Crippen LogP contribution in [0.25, 0.3) is 0 Å². The SMILES string of the molecule is COC(=O)CS(=O)(=O)NC(CO)c1ccccc1. The van der Waals surface area contributed by atoms with Crippen molar-refractivity contribution in [3.63, 3.8) is 0 Å². The van der Waals surface area contributed by atoms with Gasteiger partial charge in [0.2, 0.25) is 10.0 Å². The van der Waals surface area contributed by atoms with E-state index in [1.54, 1.807) is 30.3 Å². The third kappa shape index (κ3) is 4.44. The molecular formula is C11H15NO5S. The highest BCUT2D eigenvalue weighted by Gasteiger charge is 2.22. The zero-order chi connectivity index (χ0) is 13.6. The fourth-order valence-corrected chi connectivity index (χ4v) is 2.52. The van der Waals surface area contributed by atoms with Crippen LogP contribution in [0.15, 0.2) is 30.3 Å². The third-order valence-corrected chi connectivity index (χ3v) is 3.50. The molecule has 1 rings (SSSR count). The summed E-state index contributed by atoms with van der Waals surface area (Å²) in [5, 5.41) is 9.19. The Morgan fingerprint density at radius 3 is 2.50 bits per heavy atom. The van der Waals surface area contributed by atoms with Crippen LogP contribution >= 0.6 is 0 Å². The van der Waals surface area contributed by atoms with E-state index in [1.807, 2.05) is 0 Å². The van der Waals surface area contributed by atoms with Gasteiger partial charge in [0.25, 0.3) is 0 Å². The number of ether oxygens (including phenoxy) is 1. The summed E-state index contributed by atoms with van der Waals surface area (Å²) < 4.78 is 29.8. The summed E-state index contributed by atoms with van der Waals surface area (Å²) in [6.45, 7) is -0.398. The van der Waals surface area contributed by atoms with Gasteiger partial charge in [0.05, 0.1) is 19.8 Å². The molecule has 1 aromatic carbocycles. The van der Waals surface area contributed by atoms with Gasteiger partial charge in [0.1, 0.15) is 0 Å². The predicted octanol–water partition coefficient (Wildman–Crippen LogP) is -0.188. The number of benzene rings is 1. The number of carbonyl (C=O) groups excluding carboxylic acids is 1. The summed E-state index contributed by atoms with van der Waals surface area (Å²) in [4.78, 5) is 10.9. The van der Waals surface area contributed by atoms with Gasteiger partial charge in [0, 0.05) is 0 Å². The van der Waals surface area contributed by atoms with Crippen molar-refractivity contribution in [2.24, 2.45) is 0 Å². The van der Waals surface area contributed by atoms with Crippen molar-refractivity contribution >= 4 is 16.0 Å². The number of aliphatic hydroxyl groups is 1. The molecule has 0 aliphatic carbocycles. The molecule has 0 fully saturated rings. The average molecular weight is 273 g/mol. The van der Waals surface area contributed by atoms with Gasteiger partial charge >= 0.3 is 5.97 Å². The van der Waals surface area contributed by atoms with E-state index < -0.39 is 34.4 Å². The first-order chi connectivity index (χ1) is 8.48. The number of esters is 1. The second-order valence-electron chi connectivity index (χ2n) is 3.60. The lowest BCUT2D eigenvalue weighted by Crippen LogP contribution is -2.35. The number of nitrogens with one attached hydrogen (secondary N) is 1. The normalized spacial score (nSPS) is 13.0. The number of methoxy groups -OCH3 is 1. The average Bonchev–Trinajstić information content (AvgIpc) is 2.36. The molecule has 0 spiro atoms. The first-order valence-corrected chi connectivity index (χ1v) is 6.86. The molecule has 0 radical (unpaired) electrons. The van der Waals surface area contributed by atoms with Crippen LogP contribution < -0.4 is 4.72 Å². The Kier molecular flexibility index (Phi) is 5.26. The van der Waals surface area contributed by atoms with Gasteiger partial charge in [-0.3, -0.25) is 4.79 Å². The van der Waals surface area contributed by atoms with Gasteiger partial charge in [-0.05, 0) is 5.56 Å². The van der Waals surface area contributed by atoms with E-state index in [4.69, 9.17) is 0 Å². The highest BCUT2D eigenvalue weighted by Crippen LogP contribution is 2.12. The van der Waals surface area contributed by atoms with Crippen LogP contribution in [0.5, 0.6) is 0 Å². The second-order valence-corrected chi connectivity index (χ2v) is 5.35. The number of carbonyl (C=O) groups is 1. The molecule has 1 atom stereocenters. The van der Waals surface area contributed by atoms with Crippen LogP contribution in [-0.2, 0) is 19.6 Å². The van der Waals surface area contributed by atoms with E-state index in [1.165, 1.54) is 0 Å². The van der Waals surface area contributed by atoms with Gasteiger partial charge < -0.3 is 9.84 Å². The molecule has 0 amide bonds. The van der Waals surface area contributed by atoms with Gasteiger partial charge in [-0.1, -0.05) is 30.3 Å². The van der Waals surface area contributed by atoms with Crippen molar-refractivity contribution in [3.8, 4) is 0 Å². The summed E-state index contributed by atoms with van der Waals surface area (Å²) in [6.07, 6.45) is 0. The van der Waals surface area contributed by atoms with E-state index in [-0.39, 0.29) is 0 Å². The molecule has 7 heteroatoms.